The maximum atomic E-state index is 9.73. The van der Waals surface area contributed by atoms with E-state index in [1.165, 1.54) is 0 Å². The van der Waals surface area contributed by atoms with Crippen molar-refractivity contribution in [3.8, 4) is 28.7 Å². The number of nitrogens with zero attached hydrogens (tertiary/aromatic N) is 3. The average molecular weight is 321 g/mol. The van der Waals surface area contributed by atoms with E-state index in [9.17, 15) is 5.26 Å². The second-order valence-corrected chi connectivity index (χ2v) is 5.38. The van der Waals surface area contributed by atoms with Gasteiger partial charge in [-0.2, -0.15) is 10.4 Å². The monoisotopic (exact) mass is 320 g/mol. The number of pyridine rings is 1. The van der Waals surface area contributed by atoms with E-state index in [-0.39, 0.29) is 0 Å². The van der Waals surface area contributed by atoms with Gasteiger partial charge in [0.15, 0.2) is 5.65 Å². The Morgan fingerprint density at radius 3 is 2.87 bits per heavy atom. The molecule has 4 rings (SSSR count). The fourth-order valence-electron chi connectivity index (χ4n) is 2.60. The van der Waals surface area contributed by atoms with Gasteiger partial charge in [-0.15, -0.1) is 0 Å². The summed E-state index contributed by atoms with van der Waals surface area (Å²) in [7, 11) is 0. The molecule has 0 aliphatic rings. The number of nitrogens with one attached hydrogen (secondary N) is 1. The van der Waals surface area contributed by atoms with Gasteiger partial charge >= 0.3 is 0 Å². The molecule has 0 unspecified atom stereocenters. The largest absolute Gasteiger partial charge is 0.464 e. The third-order valence-electron chi connectivity index (χ3n) is 3.58. The predicted molar refractivity (Wildman–Crippen MR) is 86.8 cm³/mol. The van der Waals surface area contributed by atoms with E-state index in [0.717, 1.165) is 10.9 Å². The lowest BCUT2D eigenvalue weighted by Gasteiger charge is -2.09. The molecule has 4 aromatic rings. The number of aromatic nitrogens is 3. The third-order valence-corrected chi connectivity index (χ3v) is 3.81. The minimum atomic E-state index is 0.427. The van der Waals surface area contributed by atoms with Gasteiger partial charge < -0.3 is 4.42 Å². The van der Waals surface area contributed by atoms with E-state index >= 15 is 0 Å². The lowest BCUT2D eigenvalue weighted by molar-refractivity contribution is 0.583. The molecule has 0 saturated carbocycles. The normalized spacial score (nSPS) is 10.8. The van der Waals surface area contributed by atoms with Crippen LogP contribution in [0.25, 0.3) is 33.6 Å². The number of hydrogen-bond acceptors (Lipinski definition) is 4. The summed E-state index contributed by atoms with van der Waals surface area (Å²) in [6, 6.07) is 13.1. The fourth-order valence-corrected chi connectivity index (χ4v) is 2.79. The zero-order chi connectivity index (χ0) is 15.8. The first-order chi connectivity index (χ1) is 11.3. The highest BCUT2D eigenvalue weighted by Crippen LogP contribution is 2.36. The van der Waals surface area contributed by atoms with Crippen molar-refractivity contribution < 1.29 is 4.42 Å². The highest BCUT2D eigenvalue weighted by Gasteiger charge is 2.20. The van der Waals surface area contributed by atoms with Crippen LogP contribution >= 0.6 is 11.6 Å². The molecule has 1 aromatic carbocycles. The molecule has 0 aliphatic heterocycles. The van der Waals surface area contributed by atoms with E-state index in [1.54, 1.807) is 30.7 Å². The number of halogens is 1. The highest BCUT2D eigenvalue weighted by molar-refractivity contribution is 6.30. The standard InChI is InChI=1S/C17H9ClN4O/c18-11-4-1-3-10(7-11)16-12(8-19)15(14-5-2-6-23-14)13-9-20-22-17(13)21-16/h1-7,9H,(H,20,21,22). The van der Waals surface area contributed by atoms with Gasteiger partial charge in [-0.25, -0.2) is 4.98 Å². The molecule has 0 fully saturated rings. The maximum Gasteiger partial charge on any atom is 0.156 e. The van der Waals surface area contributed by atoms with Gasteiger partial charge in [0.2, 0.25) is 0 Å². The Balaban J connectivity index is 2.12. The predicted octanol–water partition coefficient (Wildman–Crippen LogP) is 4.41. The van der Waals surface area contributed by atoms with Crippen molar-refractivity contribution in [2.24, 2.45) is 0 Å². The molecule has 3 heterocycles. The Hall–Kier alpha value is -3.10. The maximum absolute atomic E-state index is 9.73. The molecule has 0 bridgehead atoms. The quantitative estimate of drug-likeness (QED) is 0.593. The van der Waals surface area contributed by atoms with Gasteiger partial charge in [-0.1, -0.05) is 23.7 Å². The van der Waals surface area contributed by atoms with Crippen LogP contribution in [0.4, 0.5) is 0 Å². The topological polar surface area (TPSA) is 78.5 Å². The number of benzene rings is 1. The first kappa shape index (κ1) is 13.6. The second kappa shape index (κ2) is 5.27. The van der Waals surface area contributed by atoms with Crippen LogP contribution in [0.3, 0.4) is 0 Å². The van der Waals surface area contributed by atoms with Crippen LogP contribution in [0, 0.1) is 11.3 Å². The third kappa shape index (κ3) is 2.17. The molecule has 0 atom stereocenters. The van der Waals surface area contributed by atoms with Gasteiger partial charge in [0.1, 0.15) is 11.8 Å². The first-order valence-electron chi connectivity index (χ1n) is 6.85. The van der Waals surface area contributed by atoms with Crippen molar-refractivity contribution >= 4 is 22.6 Å². The van der Waals surface area contributed by atoms with Crippen molar-refractivity contribution in [3.63, 3.8) is 0 Å². The van der Waals surface area contributed by atoms with Crippen LogP contribution in [-0.4, -0.2) is 15.2 Å². The van der Waals surface area contributed by atoms with Crippen LogP contribution in [0.5, 0.6) is 0 Å². The van der Waals surface area contributed by atoms with Crippen LogP contribution < -0.4 is 0 Å². The Labute approximate surface area is 136 Å². The Morgan fingerprint density at radius 1 is 1.22 bits per heavy atom. The van der Waals surface area contributed by atoms with Crippen LogP contribution in [0.15, 0.2) is 53.3 Å². The zero-order valence-corrected chi connectivity index (χ0v) is 12.5. The highest BCUT2D eigenvalue weighted by atomic mass is 35.5. The average Bonchev–Trinajstić information content (AvgIpc) is 3.24. The van der Waals surface area contributed by atoms with Crippen molar-refractivity contribution in [2.75, 3.05) is 0 Å². The Kier molecular flexibility index (Phi) is 3.11. The molecule has 0 aliphatic carbocycles. The summed E-state index contributed by atoms with van der Waals surface area (Å²) in [4.78, 5) is 4.55. The van der Waals surface area contributed by atoms with E-state index in [2.05, 4.69) is 21.3 Å². The number of nitriles is 1. The molecule has 0 spiro atoms. The number of H-pyrrole nitrogens is 1. The summed E-state index contributed by atoms with van der Waals surface area (Å²) in [6.07, 6.45) is 3.21. The SMILES string of the molecule is N#Cc1c(-c2cccc(Cl)c2)nc2[nH]ncc2c1-c1ccco1. The van der Waals surface area contributed by atoms with E-state index in [1.807, 2.05) is 18.2 Å². The second-order valence-electron chi connectivity index (χ2n) is 4.94. The molecular formula is C17H9ClN4O. The van der Waals surface area contributed by atoms with E-state index < -0.39 is 0 Å². The summed E-state index contributed by atoms with van der Waals surface area (Å²) < 4.78 is 5.51. The van der Waals surface area contributed by atoms with Crippen LogP contribution in [0.1, 0.15) is 5.56 Å². The molecule has 6 heteroatoms. The van der Waals surface area contributed by atoms with Gasteiger partial charge in [-0.05, 0) is 24.3 Å². The molecule has 110 valence electrons. The molecule has 23 heavy (non-hydrogen) atoms. The first-order valence-corrected chi connectivity index (χ1v) is 7.22. The van der Waals surface area contributed by atoms with Gasteiger partial charge in [0.25, 0.3) is 0 Å². The molecule has 1 N–H and O–H groups in total. The van der Waals surface area contributed by atoms with E-state index in [4.69, 9.17) is 16.0 Å². The van der Waals surface area contributed by atoms with Gasteiger partial charge in [0.05, 0.1) is 29.1 Å². The van der Waals surface area contributed by atoms with E-state index in [0.29, 0.717) is 33.3 Å². The van der Waals surface area contributed by atoms with Crippen molar-refractivity contribution in [2.45, 2.75) is 0 Å². The Morgan fingerprint density at radius 2 is 2.13 bits per heavy atom. The molecular weight excluding hydrogens is 312 g/mol. The molecule has 0 radical (unpaired) electrons. The summed E-state index contributed by atoms with van der Waals surface area (Å²) in [5, 5.41) is 17.9. The summed E-state index contributed by atoms with van der Waals surface area (Å²) in [5.41, 5.74) is 2.99. The number of aromatic amines is 1. The zero-order valence-electron chi connectivity index (χ0n) is 11.7. The number of furan rings is 1. The summed E-state index contributed by atoms with van der Waals surface area (Å²) in [5.74, 6) is 0.596. The fraction of sp³-hybridized carbons (Fsp3) is 0. The number of fused-ring (bicyclic) bond motifs is 1. The molecule has 0 amide bonds. The molecule has 3 aromatic heterocycles. The number of hydrogen-bond donors (Lipinski definition) is 1. The molecule has 0 saturated heterocycles. The lowest BCUT2D eigenvalue weighted by Crippen LogP contribution is -1.95. The Bertz CT molecular complexity index is 1040. The lowest BCUT2D eigenvalue weighted by atomic mass is 9.98. The number of rotatable bonds is 2. The molecule has 5 nitrogen and oxygen atoms in total. The van der Waals surface area contributed by atoms with Crippen molar-refractivity contribution in [1.29, 1.82) is 5.26 Å². The van der Waals surface area contributed by atoms with Gasteiger partial charge in [-0.3, -0.25) is 5.10 Å². The summed E-state index contributed by atoms with van der Waals surface area (Å²) >= 11 is 6.08. The van der Waals surface area contributed by atoms with Crippen LogP contribution in [0.2, 0.25) is 5.02 Å². The van der Waals surface area contributed by atoms with Crippen LogP contribution in [-0.2, 0) is 0 Å². The minimum Gasteiger partial charge on any atom is -0.464 e. The smallest absolute Gasteiger partial charge is 0.156 e. The van der Waals surface area contributed by atoms with Crippen molar-refractivity contribution in [3.05, 3.63) is 59.4 Å². The van der Waals surface area contributed by atoms with Crippen molar-refractivity contribution in [1.82, 2.24) is 15.2 Å². The van der Waals surface area contributed by atoms with Gasteiger partial charge in [0, 0.05) is 16.1 Å². The summed E-state index contributed by atoms with van der Waals surface area (Å²) in [6.45, 7) is 0. The minimum absolute atomic E-state index is 0.427.